The van der Waals surface area contributed by atoms with Crippen molar-refractivity contribution in [1.29, 1.82) is 0 Å². The monoisotopic (exact) mass is 686 g/mol. The number of aliphatic hydroxyl groups excluding tert-OH is 2. The molecule has 4 nitrogen and oxygen atoms in total. The minimum Gasteiger partial charge on any atom is -0.393 e. The van der Waals surface area contributed by atoms with Crippen molar-refractivity contribution in [3.63, 3.8) is 0 Å². The molecule has 2 N–H and O–H groups in total. The molecule has 0 amide bonds. The normalized spacial score (nSPS) is 22.7. The lowest BCUT2D eigenvalue weighted by molar-refractivity contribution is 0.0862. The molecule has 236 valence electrons. The Hall–Kier alpha value is 0.0600. The summed E-state index contributed by atoms with van der Waals surface area (Å²) in [5.41, 5.74) is 1.82. The van der Waals surface area contributed by atoms with E-state index in [4.69, 9.17) is 48.9 Å². The fourth-order valence-corrected chi connectivity index (χ4v) is 9.75. The first kappa shape index (κ1) is 36.5. The van der Waals surface area contributed by atoms with Gasteiger partial charge in [-0.3, -0.25) is 0 Å². The van der Waals surface area contributed by atoms with E-state index in [0.717, 1.165) is 95.8 Å². The van der Waals surface area contributed by atoms with E-state index in [1.165, 1.54) is 4.91 Å². The van der Waals surface area contributed by atoms with Crippen LogP contribution in [0, 0.1) is 22.7 Å². The Morgan fingerprint density at radius 3 is 2.17 bits per heavy atom. The summed E-state index contributed by atoms with van der Waals surface area (Å²) in [6.07, 6.45) is 9.99. The number of aliphatic hydroxyl groups is 2. The van der Waals surface area contributed by atoms with E-state index < -0.39 is 12.2 Å². The average Bonchev–Trinajstić information content (AvgIpc) is 3.58. The molecule has 0 bridgehead atoms. The third-order valence-corrected chi connectivity index (χ3v) is 13.0. The molecule has 2 fully saturated rings. The number of thioether (sulfide) groups is 2. The Labute approximate surface area is 284 Å². The molecule has 3 aliphatic heterocycles. The molecule has 0 aromatic carbocycles. The zero-order chi connectivity index (χ0) is 31.1. The molecular weight excluding hydrogens is 637 g/mol. The van der Waals surface area contributed by atoms with Crippen LogP contribution in [0.15, 0.2) is 22.5 Å². The highest BCUT2D eigenvalue weighted by Gasteiger charge is 2.35. The minimum atomic E-state index is -0.402. The van der Waals surface area contributed by atoms with E-state index in [0.29, 0.717) is 18.8 Å². The zero-order valence-electron chi connectivity index (χ0n) is 25.8. The van der Waals surface area contributed by atoms with Gasteiger partial charge in [-0.25, -0.2) is 0 Å². The summed E-state index contributed by atoms with van der Waals surface area (Å²) in [7, 11) is 0. The van der Waals surface area contributed by atoms with Gasteiger partial charge in [-0.1, -0.05) is 83.1 Å². The molecule has 3 aliphatic rings. The lowest BCUT2D eigenvalue weighted by Crippen LogP contribution is -2.42. The molecule has 4 unspecified atom stereocenters. The van der Waals surface area contributed by atoms with Crippen LogP contribution in [0.3, 0.4) is 0 Å². The molecule has 0 aromatic heterocycles. The van der Waals surface area contributed by atoms with E-state index in [1.54, 1.807) is 17.3 Å². The van der Waals surface area contributed by atoms with Gasteiger partial charge >= 0.3 is 0 Å². The Morgan fingerprint density at radius 2 is 1.60 bits per heavy atom. The second-order valence-corrected chi connectivity index (χ2v) is 17.5. The number of nitrogens with zero attached hydrogens (tertiary/aromatic N) is 2. The Bertz CT molecular complexity index is 1040. The lowest BCUT2D eigenvalue weighted by atomic mass is 9.81. The molecule has 3 heterocycles. The summed E-state index contributed by atoms with van der Waals surface area (Å²) in [5.74, 6) is 2.82. The highest BCUT2D eigenvalue weighted by molar-refractivity contribution is 8.03. The van der Waals surface area contributed by atoms with Gasteiger partial charge in [0.2, 0.25) is 0 Å². The van der Waals surface area contributed by atoms with E-state index in [1.807, 2.05) is 16.7 Å². The minimum absolute atomic E-state index is 0.0597. The Kier molecular flexibility index (Phi) is 14.4. The van der Waals surface area contributed by atoms with Gasteiger partial charge in [-0.15, -0.1) is 23.5 Å². The van der Waals surface area contributed by atoms with E-state index in [9.17, 15) is 10.2 Å². The summed E-state index contributed by atoms with van der Waals surface area (Å²) in [4.78, 5) is 9.43. The van der Waals surface area contributed by atoms with Crippen LogP contribution in [0.4, 0.5) is 0 Å². The molecule has 3 rings (SSSR count). The Balaban J connectivity index is 1.32. The first-order valence-electron chi connectivity index (χ1n) is 15.4. The van der Waals surface area contributed by atoms with Crippen LogP contribution in [-0.4, -0.2) is 77.3 Å². The number of hydrogen-bond donors (Lipinski definition) is 2. The van der Waals surface area contributed by atoms with Crippen molar-refractivity contribution < 1.29 is 10.2 Å². The molecule has 10 heteroatoms. The van der Waals surface area contributed by atoms with Crippen molar-refractivity contribution in [2.24, 2.45) is 22.7 Å². The molecule has 4 atom stereocenters. The predicted molar refractivity (Wildman–Crippen MR) is 200 cm³/mol. The SMILES string of the molecule is C=C1SCCC1C(=S)N(C=S)CCC(C)(C)CCC(O)CCC(O)CCC(C)(C)CCN1C(=S)C=C2SCCC2C1=S. The second-order valence-electron chi connectivity index (χ2n) is 13.6. The number of hydrogen-bond acceptors (Lipinski definition) is 8. The molecule has 2 saturated heterocycles. The van der Waals surface area contributed by atoms with Crippen molar-refractivity contribution in [3.8, 4) is 0 Å². The third kappa shape index (κ3) is 10.8. The number of rotatable bonds is 17. The van der Waals surface area contributed by atoms with Crippen LogP contribution >= 0.6 is 72.4 Å². The summed E-state index contributed by atoms with van der Waals surface area (Å²) in [6, 6.07) is 0. The molecule has 0 radical (unpaired) electrons. The van der Waals surface area contributed by atoms with E-state index in [-0.39, 0.29) is 16.7 Å². The first-order chi connectivity index (χ1) is 19.7. The van der Waals surface area contributed by atoms with Gasteiger partial charge in [0.1, 0.15) is 4.99 Å². The topological polar surface area (TPSA) is 46.9 Å². The Morgan fingerprint density at radius 1 is 1.00 bits per heavy atom. The van der Waals surface area contributed by atoms with E-state index >= 15 is 0 Å². The summed E-state index contributed by atoms with van der Waals surface area (Å²) >= 11 is 26.2. The van der Waals surface area contributed by atoms with Gasteiger partial charge in [-0.2, -0.15) is 0 Å². The molecule has 0 spiro atoms. The summed E-state index contributed by atoms with van der Waals surface area (Å²) in [6.45, 7) is 14.8. The van der Waals surface area contributed by atoms with Gasteiger partial charge in [0.05, 0.1) is 27.7 Å². The summed E-state index contributed by atoms with van der Waals surface area (Å²) < 4.78 is 0. The maximum Gasteiger partial charge on any atom is 0.107 e. The van der Waals surface area contributed by atoms with Crippen LogP contribution in [0.25, 0.3) is 0 Å². The van der Waals surface area contributed by atoms with Crippen LogP contribution in [-0.2, 0) is 0 Å². The van der Waals surface area contributed by atoms with Crippen molar-refractivity contribution in [1.82, 2.24) is 9.80 Å². The molecular formula is C32H50N2O2S6. The van der Waals surface area contributed by atoms with Gasteiger partial charge in [0.25, 0.3) is 0 Å². The third-order valence-electron chi connectivity index (χ3n) is 9.09. The maximum absolute atomic E-state index is 10.7. The summed E-state index contributed by atoms with van der Waals surface area (Å²) in [5, 5.41) is 21.4. The van der Waals surface area contributed by atoms with Gasteiger partial charge in [0, 0.05) is 24.9 Å². The number of thiocarbonyl (C=S) groups is 4. The molecule has 0 saturated carbocycles. The molecule has 0 aromatic rings. The largest absolute Gasteiger partial charge is 0.393 e. The average molecular weight is 687 g/mol. The van der Waals surface area contributed by atoms with Crippen LogP contribution in [0.5, 0.6) is 0 Å². The van der Waals surface area contributed by atoms with Gasteiger partial charge in [-0.05, 0) is 102 Å². The van der Waals surface area contributed by atoms with Crippen molar-refractivity contribution in [2.75, 3.05) is 24.6 Å². The smallest absolute Gasteiger partial charge is 0.107 e. The number of fused-ring (bicyclic) bond motifs is 1. The van der Waals surface area contributed by atoms with Crippen molar-refractivity contribution >= 4 is 92.9 Å². The van der Waals surface area contributed by atoms with Crippen molar-refractivity contribution in [2.45, 2.75) is 104 Å². The highest BCUT2D eigenvalue weighted by atomic mass is 32.2. The van der Waals surface area contributed by atoms with Gasteiger partial charge in [0.15, 0.2) is 0 Å². The molecule has 0 aliphatic carbocycles. The molecule has 42 heavy (non-hydrogen) atoms. The fourth-order valence-electron chi connectivity index (χ4n) is 5.76. The van der Waals surface area contributed by atoms with E-state index in [2.05, 4.69) is 45.2 Å². The second kappa shape index (κ2) is 16.6. The van der Waals surface area contributed by atoms with Crippen molar-refractivity contribution in [3.05, 3.63) is 22.5 Å². The van der Waals surface area contributed by atoms with Crippen LogP contribution in [0.1, 0.15) is 91.9 Å². The van der Waals surface area contributed by atoms with Gasteiger partial charge < -0.3 is 20.0 Å². The standard InChI is InChI=1S/C32H50N2O2S6/c1-22-25(10-18-41-22)29(39)33(21-37)16-14-31(2,3)12-8-23(35)6-7-24(36)9-13-32(4,5)15-17-34-28(38)20-27-26(30(34)40)11-19-42-27/h20-21,23-26,35-36H,1,6-19H2,2-5H3. The zero-order valence-corrected chi connectivity index (χ0v) is 30.7. The van der Waals surface area contributed by atoms with Crippen LogP contribution in [0.2, 0.25) is 0 Å². The first-order valence-corrected chi connectivity index (χ1v) is 19.0. The maximum atomic E-state index is 10.7. The quantitative estimate of drug-likeness (QED) is 0.146. The lowest BCUT2D eigenvalue weighted by Gasteiger charge is -2.35. The highest BCUT2D eigenvalue weighted by Crippen LogP contribution is 2.41. The van der Waals surface area contributed by atoms with Crippen LogP contribution < -0.4 is 0 Å². The fraction of sp³-hybridized carbons (Fsp3) is 0.750. The predicted octanol–water partition coefficient (Wildman–Crippen LogP) is 8.34.